The minimum Gasteiger partial charge on any atom is -0.480 e. The Balaban J connectivity index is 2.80. The Kier molecular flexibility index (Phi) is 6.19. The van der Waals surface area contributed by atoms with Gasteiger partial charge in [-0.2, -0.15) is 0 Å². The monoisotopic (exact) mass is 294 g/mol. The van der Waals surface area contributed by atoms with Crippen molar-refractivity contribution in [2.75, 3.05) is 7.11 Å². The van der Waals surface area contributed by atoms with Crippen LogP contribution in [0.25, 0.3) is 0 Å². The van der Waals surface area contributed by atoms with Crippen molar-refractivity contribution >= 4 is 18.0 Å². The van der Waals surface area contributed by atoms with E-state index in [-0.39, 0.29) is 6.42 Å². The van der Waals surface area contributed by atoms with Gasteiger partial charge in [0.15, 0.2) is 6.04 Å². The molecule has 0 spiro atoms. The van der Waals surface area contributed by atoms with Gasteiger partial charge < -0.3 is 20.5 Å². The Morgan fingerprint density at radius 3 is 2.29 bits per heavy atom. The molecule has 7 nitrogen and oxygen atoms in total. The number of benzene rings is 1. The number of carboxylic acid groups (broad SMARTS) is 1. The number of ether oxygens (including phenoxy) is 1. The number of carboxylic acids is 1. The predicted octanol–water partition coefficient (Wildman–Crippen LogP) is 1.06. The zero-order chi connectivity index (χ0) is 15.8. The van der Waals surface area contributed by atoms with Crippen molar-refractivity contribution in [1.29, 1.82) is 0 Å². The molecular formula is C14H18N2O5. The average Bonchev–Trinajstić information content (AvgIpc) is 2.50. The lowest BCUT2D eigenvalue weighted by atomic mass is 10.1. The largest absolute Gasteiger partial charge is 0.480 e. The zero-order valence-electron chi connectivity index (χ0n) is 11.8. The first-order valence-corrected chi connectivity index (χ1v) is 6.42. The van der Waals surface area contributed by atoms with E-state index in [0.29, 0.717) is 5.56 Å². The Hall–Kier alpha value is -2.57. The van der Waals surface area contributed by atoms with Crippen LogP contribution in [0.5, 0.6) is 0 Å². The molecule has 2 amide bonds. The van der Waals surface area contributed by atoms with Crippen LogP contribution in [0.4, 0.5) is 4.79 Å². The van der Waals surface area contributed by atoms with E-state index in [9.17, 15) is 14.4 Å². The van der Waals surface area contributed by atoms with Gasteiger partial charge in [0.1, 0.15) is 6.04 Å². The molecule has 1 rings (SSSR count). The highest BCUT2D eigenvalue weighted by molar-refractivity contribution is 5.87. The van der Waals surface area contributed by atoms with Crippen LogP contribution in [0.2, 0.25) is 0 Å². The van der Waals surface area contributed by atoms with Gasteiger partial charge in [0.05, 0.1) is 7.11 Å². The molecule has 0 bridgehead atoms. The molecule has 0 aliphatic rings. The van der Waals surface area contributed by atoms with Crippen LogP contribution in [0, 0.1) is 0 Å². The van der Waals surface area contributed by atoms with Gasteiger partial charge >= 0.3 is 18.0 Å². The quantitative estimate of drug-likeness (QED) is 0.680. The third kappa shape index (κ3) is 4.79. The van der Waals surface area contributed by atoms with Gasteiger partial charge in [-0.1, -0.05) is 37.3 Å². The summed E-state index contributed by atoms with van der Waals surface area (Å²) in [6.07, 6.45) is 0.233. The second kappa shape index (κ2) is 7.88. The van der Waals surface area contributed by atoms with Gasteiger partial charge in [0.2, 0.25) is 0 Å². The highest BCUT2D eigenvalue weighted by Crippen LogP contribution is 2.13. The van der Waals surface area contributed by atoms with E-state index < -0.39 is 30.1 Å². The zero-order valence-corrected chi connectivity index (χ0v) is 11.8. The number of rotatable bonds is 6. The summed E-state index contributed by atoms with van der Waals surface area (Å²) in [5.74, 6) is -1.78. The summed E-state index contributed by atoms with van der Waals surface area (Å²) >= 11 is 0. The molecule has 1 aromatic rings. The van der Waals surface area contributed by atoms with Crippen LogP contribution in [-0.2, 0) is 14.3 Å². The van der Waals surface area contributed by atoms with Gasteiger partial charge in [0, 0.05) is 0 Å². The van der Waals surface area contributed by atoms with Crippen LogP contribution < -0.4 is 10.6 Å². The van der Waals surface area contributed by atoms with Crippen molar-refractivity contribution in [1.82, 2.24) is 10.6 Å². The average molecular weight is 294 g/mol. The smallest absolute Gasteiger partial charge is 0.333 e. The highest BCUT2D eigenvalue weighted by Gasteiger charge is 2.25. The fraction of sp³-hybridized carbons (Fsp3) is 0.357. The fourth-order valence-electron chi connectivity index (χ4n) is 1.71. The summed E-state index contributed by atoms with van der Waals surface area (Å²) in [5, 5.41) is 13.6. The van der Waals surface area contributed by atoms with Crippen molar-refractivity contribution in [3.63, 3.8) is 0 Å². The van der Waals surface area contributed by atoms with Crippen LogP contribution in [-0.4, -0.2) is 36.2 Å². The van der Waals surface area contributed by atoms with E-state index in [0.717, 1.165) is 0 Å². The van der Waals surface area contributed by atoms with E-state index in [1.807, 2.05) is 0 Å². The maximum absolute atomic E-state index is 11.8. The van der Waals surface area contributed by atoms with Crippen LogP contribution in [0.15, 0.2) is 30.3 Å². The second-order valence-corrected chi connectivity index (χ2v) is 4.28. The molecule has 2 atom stereocenters. The summed E-state index contributed by atoms with van der Waals surface area (Å²) < 4.78 is 4.65. The summed E-state index contributed by atoms with van der Waals surface area (Å²) in [7, 11) is 1.21. The number of hydrogen-bond acceptors (Lipinski definition) is 4. The Bertz CT molecular complexity index is 503. The normalized spacial score (nSPS) is 12.9. The number of methoxy groups -OCH3 is 1. The van der Waals surface area contributed by atoms with Gasteiger partial charge in [-0.3, -0.25) is 0 Å². The lowest BCUT2D eigenvalue weighted by molar-refractivity contribution is -0.143. The summed E-state index contributed by atoms with van der Waals surface area (Å²) in [6.45, 7) is 1.63. The van der Waals surface area contributed by atoms with Crippen LogP contribution in [0.3, 0.4) is 0 Å². The Labute approximate surface area is 122 Å². The minimum absolute atomic E-state index is 0.233. The first-order chi connectivity index (χ1) is 9.99. The number of carbonyl (C=O) groups excluding carboxylic acids is 2. The fourth-order valence-corrected chi connectivity index (χ4v) is 1.71. The molecule has 7 heteroatoms. The Morgan fingerprint density at radius 2 is 1.81 bits per heavy atom. The molecule has 0 saturated carbocycles. The topological polar surface area (TPSA) is 105 Å². The second-order valence-electron chi connectivity index (χ2n) is 4.28. The number of amides is 2. The first kappa shape index (κ1) is 16.5. The lowest BCUT2D eigenvalue weighted by Crippen LogP contribution is -2.48. The van der Waals surface area contributed by atoms with Crippen LogP contribution >= 0.6 is 0 Å². The SMILES string of the molecule is CC[C@H](NC(=O)NC(C(=O)OC)c1ccccc1)C(=O)O. The van der Waals surface area contributed by atoms with Crippen molar-refractivity contribution in [2.45, 2.75) is 25.4 Å². The van der Waals surface area contributed by atoms with Gasteiger partial charge in [-0.15, -0.1) is 0 Å². The number of hydrogen-bond donors (Lipinski definition) is 3. The van der Waals surface area contributed by atoms with Crippen molar-refractivity contribution in [3.05, 3.63) is 35.9 Å². The number of nitrogens with one attached hydrogen (secondary N) is 2. The summed E-state index contributed by atoms with van der Waals surface area (Å²) in [4.78, 5) is 34.5. The molecule has 21 heavy (non-hydrogen) atoms. The molecule has 0 aliphatic heterocycles. The maximum Gasteiger partial charge on any atom is 0.333 e. The van der Waals surface area contributed by atoms with E-state index in [2.05, 4.69) is 15.4 Å². The van der Waals surface area contributed by atoms with E-state index in [1.54, 1.807) is 37.3 Å². The van der Waals surface area contributed by atoms with E-state index in [1.165, 1.54) is 7.11 Å². The molecule has 1 aromatic carbocycles. The van der Waals surface area contributed by atoms with Crippen LogP contribution in [0.1, 0.15) is 24.9 Å². The molecule has 0 aromatic heterocycles. The number of esters is 1. The van der Waals surface area contributed by atoms with E-state index in [4.69, 9.17) is 5.11 Å². The summed E-state index contributed by atoms with van der Waals surface area (Å²) in [5.41, 5.74) is 0.544. The maximum atomic E-state index is 11.8. The first-order valence-electron chi connectivity index (χ1n) is 6.42. The number of carbonyl (C=O) groups is 3. The standard InChI is InChI=1S/C14H18N2O5/c1-3-10(12(17)18)15-14(20)16-11(13(19)21-2)9-7-5-4-6-8-9/h4-8,10-11H,3H2,1-2H3,(H,17,18)(H2,15,16,20)/t10-,11?/m0/s1. The number of aliphatic carboxylic acids is 1. The molecule has 0 fully saturated rings. The molecular weight excluding hydrogens is 276 g/mol. The number of urea groups is 1. The van der Waals surface area contributed by atoms with Crippen molar-refractivity contribution < 1.29 is 24.2 Å². The molecule has 0 aliphatic carbocycles. The van der Waals surface area contributed by atoms with Crippen molar-refractivity contribution in [2.24, 2.45) is 0 Å². The third-order valence-electron chi connectivity index (χ3n) is 2.86. The van der Waals surface area contributed by atoms with E-state index >= 15 is 0 Å². The van der Waals surface area contributed by atoms with Gasteiger partial charge in [0.25, 0.3) is 0 Å². The molecule has 3 N–H and O–H groups in total. The molecule has 1 unspecified atom stereocenters. The van der Waals surface area contributed by atoms with Crippen molar-refractivity contribution in [3.8, 4) is 0 Å². The Morgan fingerprint density at radius 1 is 1.19 bits per heavy atom. The minimum atomic E-state index is -1.14. The van der Waals surface area contributed by atoms with Gasteiger partial charge in [-0.25, -0.2) is 14.4 Å². The third-order valence-corrected chi connectivity index (χ3v) is 2.86. The molecule has 0 saturated heterocycles. The molecule has 0 heterocycles. The summed E-state index contributed by atoms with van der Waals surface area (Å²) in [6, 6.07) is 5.78. The lowest BCUT2D eigenvalue weighted by Gasteiger charge is -2.19. The predicted molar refractivity (Wildman–Crippen MR) is 74.6 cm³/mol. The molecule has 0 radical (unpaired) electrons. The van der Waals surface area contributed by atoms with Gasteiger partial charge in [-0.05, 0) is 12.0 Å². The highest BCUT2D eigenvalue weighted by atomic mass is 16.5. The molecule has 114 valence electrons.